The number of aryl methyl sites for hydroxylation is 2. The highest BCUT2D eigenvalue weighted by Crippen LogP contribution is 2.23. The summed E-state index contributed by atoms with van der Waals surface area (Å²) in [5.41, 5.74) is 2.20. The number of carbonyl (C=O) groups is 2. The number of hydrogen-bond acceptors (Lipinski definition) is 5. The number of hydrogen-bond donors (Lipinski definition) is 1. The van der Waals surface area contributed by atoms with Crippen molar-refractivity contribution in [2.24, 2.45) is 7.05 Å². The first-order valence-electron chi connectivity index (χ1n) is 7.32. The van der Waals surface area contributed by atoms with Gasteiger partial charge in [-0.3, -0.25) is 14.3 Å². The molecule has 3 rings (SSSR count). The minimum atomic E-state index is -0.228. The smallest absolute Gasteiger partial charge is 0.224 e. The zero-order valence-corrected chi connectivity index (χ0v) is 14.7. The Morgan fingerprint density at radius 3 is 2.83 bits per heavy atom. The second-order valence-electron chi connectivity index (χ2n) is 5.38. The molecule has 0 bridgehead atoms. The Labute approximate surface area is 147 Å². The molecule has 0 saturated carbocycles. The van der Waals surface area contributed by atoms with Gasteiger partial charge in [-0.1, -0.05) is 11.6 Å². The third-order valence-electron chi connectivity index (χ3n) is 3.57. The number of Topliss-reactive ketones (excluding diaryl/α,β-unsaturated/α-hetero) is 1. The van der Waals surface area contributed by atoms with E-state index in [0.29, 0.717) is 14.9 Å². The summed E-state index contributed by atoms with van der Waals surface area (Å²) < 4.78 is 2.26. The minimum Gasteiger partial charge on any atom is -0.325 e. The number of nitrogens with one attached hydrogen (secondary N) is 1. The van der Waals surface area contributed by atoms with Gasteiger partial charge in [0.05, 0.1) is 26.8 Å². The van der Waals surface area contributed by atoms with Crippen molar-refractivity contribution in [1.82, 2.24) is 14.8 Å². The summed E-state index contributed by atoms with van der Waals surface area (Å²) in [5, 5.41) is 7.95. The molecule has 3 heterocycles. The summed E-state index contributed by atoms with van der Waals surface area (Å²) in [6.45, 7) is 1.89. The Bertz CT molecular complexity index is 931. The number of fused-ring (bicyclic) bond motifs is 1. The van der Waals surface area contributed by atoms with E-state index in [1.807, 2.05) is 20.0 Å². The Morgan fingerprint density at radius 1 is 1.33 bits per heavy atom. The molecule has 1 amide bonds. The number of halogens is 1. The van der Waals surface area contributed by atoms with E-state index in [9.17, 15) is 9.59 Å². The lowest BCUT2D eigenvalue weighted by Crippen LogP contribution is -2.13. The van der Waals surface area contributed by atoms with E-state index < -0.39 is 0 Å². The van der Waals surface area contributed by atoms with Crippen LogP contribution in [0.3, 0.4) is 0 Å². The van der Waals surface area contributed by atoms with Crippen molar-refractivity contribution in [2.75, 3.05) is 5.32 Å². The molecule has 8 heteroatoms. The van der Waals surface area contributed by atoms with Crippen LogP contribution in [-0.4, -0.2) is 26.5 Å². The summed E-state index contributed by atoms with van der Waals surface area (Å²) in [6.07, 6.45) is 1.84. The number of amides is 1. The number of aromatic nitrogens is 3. The number of nitrogens with zero attached hydrogens (tertiary/aromatic N) is 3. The van der Waals surface area contributed by atoms with Gasteiger partial charge in [0.15, 0.2) is 11.4 Å². The molecule has 0 unspecified atom stereocenters. The number of pyridine rings is 1. The van der Waals surface area contributed by atoms with E-state index in [-0.39, 0.29) is 24.5 Å². The summed E-state index contributed by atoms with van der Waals surface area (Å²) in [7, 11) is 1.82. The minimum absolute atomic E-state index is 0.0845. The molecular formula is C16H15ClN4O2S. The summed E-state index contributed by atoms with van der Waals surface area (Å²) in [5.74, 6) is -0.313. The summed E-state index contributed by atoms with van der Waals surface area (Å²) >= 11 is 7.03. The number of carbonyl (C=O) groups excluding carboxylic acids is 2. The van der Waals surface area contributed by atoms with Gasteiger partial charge in [-0.25, -0.2) is 4.98 Å². The lowest BCUT2D eigenvalue weighted by atomic mass is 10.2. The average molecular weight is 363 g/mol. The van der Waals surface area contributed by atoms with Crippen molar-refractivity contribution in [3.05, 3.63) is 39.3 Å². The number of anilines is 1. The normalized spacial score (nSPS) is 11.0. The van der Waals surface area contributed by atoms with Crippen LogP contribution in [0.2, 0.25) is 4.34 Å². The van der Waals surface area contributed by atoms with Gasteiger partial charge >= 0.3 is 0 Å². The molecule has 1 N–H and O–H groups in total. The molecule has 24 heavy (non-hydrogen) atoms. The van der Waals surface area contributed by atoms with Gasteiger partial charge in [-0.15, -0.1) is 11.3 Å². The molecule has 3 aromatic heterocycles. The topological polar surface area (TPSA) is 76.9 Å². The fourth-order valence-electron chi connectivity index (χ4n) is 2.41. The van der Waals surface area contributed by atoms with Crippen LogP contribution in [0.5, 0.6) is 0 Å². The van der Waals surface area contributed by atoms with Gasteiger partial charge in [0.25, 0.3) is 0 Å². The Hall–Kier alpha value is -2.25. The lowest BCUT2D eigenvalue weighted by molar-refractivity contribution is -0.116. The van der Waals surface area contributed by atoms with E-state index in [1.54, 1.807) is 23.0 Å². The van der Waals surface area contributed by atoms with Crippen LogP contribution >= 0.6 is 22.9 Å². The number of ketones is 1. The van der Waals surface area contributed by atoms with Crippen LogP contribution in [0.15, 0.2) is 24.4 Å². The number of thiophene rings is 1. The lowest BCUT2D eigenvalue weighted by Gasteiger charge is -2.05. The van der Waals surface area contributed by atoms with Crippen LogP contribution in [0.1, 0.15) is 28.2 Å². The highest BCUT2D eigenvalue weighted by molar-refractivity contribution is 7.18. The molecule has 0 aliphatic heterocycles. The van der Waals surface area contributed by atoms with E-state index in [1.165, 1.54) is 11.3 Å². The summed E-state index contributed by atoms with van der Waals surface area (Å²) in [4.78, 5) is 28.9. The van der Waals surface area contributed by atoms with Crippen LogP contribution in [0.4, 0.5) is 5.69 Å². The Kier molecular flexibility index (Phi) is 4.64. The van der Waals surface area contributed by atoms with Crippen LogP contribution in [-0.2, 0) is 11.8 Å². The highest BCUT2D eigenvalue weighted by atomic mass is 35.5. The van der Waals surface area contributed by atoms with Gasteiger partial charge < -0.3 is 5.32 Å². The standard InChI is InChI=1S/C16H15ClN4O2S/c1-9-11-7-10(8-18-16(11)21(2)20-9)19-15(23)6-3-12(22)13-4-5-14(17)24-13/h4-5,7-8H,3,6H2,1-2H3,(H,19,23). The van der Waals surface area contributed by atoms with Crippen molar-refractivity contribution >= 4 is 51.3 Å². The van der Waals surface area contributed by atoms with Gasteiger partial charge in [-0.2, -0.15) is 5.10 Å². The molecule has 0 spiro atoms. The molecule has 0 atom stereocenters. The van der Waals surface area contributed by atoms with Gasteiger partial charge in [0, 0.05) is 25.3 Å². The van der Waals surface area contributed by atoms with Crippen molar-refractivity contribution in [3.8, 4) is 0 Å². The highest BCUT2D eigenvalue weighted by Gasteiger charge is 2.13. The largest absolute Gasteiger partial charge is 0.325 e. The Balaban J connectivity index is 1.62. The van der Waals surface area contributed by atoms with E-state index in [0.717, 1.165) is 16.7 Å². The molecule has 0 fully saturated rings. The van der Waals surface area contributed by atoms with Crippen LogP contribution in [0.25, 0.3) is 11.0 Å². The molecule has 0 aliphatic rings. The van der Waals surface area contributed by atoms with E-state index in [4.69, 9.17) is 11.6 Å². The zero-order chi connectivity index (χ0) is 17.3. The SMILES string of the molecule is Cc1nn(C)c2ncc(NC(=O)CCC(=O)c3ccc(Cl)s3)cc12. The number of rotatable bonds is 5. The molecule has 3 aromatic rings. The molecule has 0 aliphatic carbocycles. The van der Waals surface area contributed by atoms with E-state index in [2.05, 4.69) is 15.4 Å². The monoisotopic (exact) mass is 362 g/mol. The Morgan fingerprint density at radius 2 is 2.12 bits per heavy atom. The molecule has 124 valence electrons. The van der Waals surface area contributed by atoms with Gasteiger partial charge in [0.1, 0.15) is 0 Å². The third kappa shape index (κ3) is 3.47. The van der Waals surface area contributed by atoms with Crippen molar-refractivity contribution < 1.29 is 9.59 Å². The maximum absolute atomic E-state index is 12.0. The molecular weight excluding hydrogens is 348 g/mol. The molecule has 0 saturated heterocycles. The van der Waals surface area contributed by atoms with Crippen LogP contribution < -0.4 is 5.32 Å². The first-order chi connectivity index (χ1) is 11.4. The van der Waals surface area contributed by atoms with Crippen molar-refractivity contribution in [2.45, 2.75) is 19.8 Å². The second kappa shape index (κ2) is 6.70. The van der Waals surface area contributed by atoms with Crippen molar-refractivity contribution in [3.63, 3.8) is 0 Å². The first kappa shape index (κ1) is 16.6. The van der Waals surface area contributed by atoms with Gasteiger partial charge in [-0.05, 0) is 25.1 Å². The molecule has 6 nitrogen and oxygen atoms in total. The average Bonchev–Trinajstić information content (AvgIpc) is 3.09. The maximum Gasteiger partial charge on any atom is 0.224 e. The zero-order valence-electron chi connectivity index (χ0n) is 13.2. The maximum atomic E-state index is 12.0. The predicted octanol–water partition coefficient (Wildman–Crippen LogP) is 3.59. The second-order valence-corrected chi connectivity index (χ2v) is 7.09. The van der Waals surface area contributed by atoms with Crippen LogP contribution in [0, 0.1) is 6.92 Å². The molecule has 0 aromatic carbocycles. The fourth-order valence-corrected chi connectivity index (χ4v) is 3.42. The first-order valence-corrected chi connectivity index (χ1v) is 8.51. The van der Waals surface area contributed by atoms with E-state index >= 15 is 0 Å². The quantitative estimate of drug-likeness (QED) is 0.703. The molecule has 0 radical (unpaired) electrons. The van der Waals surface area contributed by atoms with Crippen molar-refractivity contribution in [1.29, 1.82) is 0 Å². The third-order valence-corrected chi connectivity index (χ3v) is 4.85. The fraction of sp³-hybridized carbons (Fsp3) is 0.250. The summed E-state index contributed by atoms with van der Waals surface area (Å²) in [6, 6.07) is 5.19. The predicted molar refractivity (Wildman–Crippen MR) is 94.8 cm³/mol. The van der Waals surface area contributed by atoms with Gasteiger partial charge in [0.2, 0.25) is 5.91 Å².